The summed E-state index contributed by atoms with van der Waals surface area (Å²) in [6, 6.07) is 20.5. The second kappa shape index (κ2) is 10.4. The highest BCUT2D eigenvalue weighted by Gasteiger charge is 2.26. The predicted octanol–water partition coefficient (Wildman–Crippen LogP) is 5.58. The largest absolute Gasteiger partial charge is 0.355 e. The lowest BCUT2D eigenvalue weighted by Gasteiger charge is -2.33. The molecule has 38 heavy (non-hydrogen) atoms. The number of anilines is 1. The first-order chi connectivity index (χ1) is 18.6. The number of hydrogen-bond donors (Lipinski definition) is 1. The molecule has 0 spiro atoms. The van der Waals surface area contributed by atoms with Crippen molar-refractivity contribution in [2.24, 2.45) is 0 Å². The van der Waals surface area contributed by atoms with Crippen LogP contribution in [0.1, 0.15) is 23.3 Å². The normalized spacial score (nSPS) is 14.1. The molecule has 10 heteroatoms. The van der Waals surface area contributed by atoms with E-state index in [1.807, 2.05) is 59.2 Å². The molecule has 0 saturated carbocycles. The summed E-state index contributed by atoms with van der Waals surface area (Å²) < 4.78 is 1.98. The topological polar surface area (TPSA) is 88.8 Å². The summed E-state index contributed by atoms with van der Waals surface area (Å²) in [4.78, 5) is 33.2. The van der Waals surface area contributed by atoms with E-state index in [1.165, 1.54) is 0 Å². The van der Waals surface area contributed by atoms with Gasteiger partial charge in [0.2, 0.25) is 0 Å². The molecule has 2 aromatic carbocycles. The first-order valence-electron chi connectivity index (χ1n) is 12.3. The van der Waals surface area contributed by atoms with Crippen molar-refractivity contribution < 1.29 is 4.79 Å². The number of aromatic nitrogens is 5. The van der Waals surface area contributed by atoms with Gasteiger partial charge in [-0.05, 0) is 61.4 Å². The number of halogens is 2. The Morgan fingerprint density at radius 1 is 0.895 bits per heavy atom. The molecule has 1 aliphatic heterocycles. The second-order valence-corrected chi connectivity index (χ2v) is 9.89. The third-order valence-corrected chi connectivity index (χ3v) is 7.23. The zero-order valence-corrected chi connectivity index (χ0v) is 21.8. The van der Waals surface area contributed by atoms with Crippen LogP contribution in [-0.2, 0) is 0 Å². The van der Waals surface area contributed by atoms with E-state index in [0.717, 1.165) is 29.9 Å². The van der Waals surface area contributed by atoms with E-state index in [2.05, 4.69) is 25.2 Å². The van der Waals surface area contributed by atoms with Crippen molar-refractivity contribution >= 4 is 46.1 Å². The third-order valence-electron chi connectivity index (χ3n) is 6.65. The summed E-state index contributed by atoms with van der Waals surface area (Å²) in [6.07, 6.45) is 4.74. The van der Waals surface area contributed by atoms with E-state index in [0.29, 0.717) is 45.8 Å². The highest BCUT2D eigenvalue weighted by atomic mass is 35.5. The summed E-state index contributed by atoms with van der Waals surface area (Å²) in [6.45, 7) is 1.43. The van der Waals surface area contributed by atoms with E-state index in [9.17, 15) is 4.79 Å². The average Bonchev–Trinajstić information content (AvgIpc) is 3.34. The van der Waals surface area contributed by atoms with E-state index in [1.54, 1.807) is 24.7 Å². The molecule has 3 aromatic heterocycles. The van der Waals surface area contributed by atoms with Gasteiger partial charge in [-0.2, -0.15) is 0 Å². The molecule has 8 nitrogen and oxygen atoms in total. The lowest BCUT2D eigenvalue weighted by molar-refractivity contribution is 0.0926. The summed E-state index contributed by atoms with van der Waals surface area (Å²) in [5.41, 5.74) is 3.45. The Labute approximate surface area is 229 Å². The quantitative estimate of drug-likeness (QED) is 0.311. The van der Waals surface area contributed by atoms with Gasteiger partial charge in [-0.1, -0.05) is 41.4 Å². The Morgan fingerprint density at radius 3 is 2.39 bits per heavy atom. The molecular formula is C28H23Cl2N7O. The molecule has 6 rings (SSSR count). The van der Waals surface area contributed by atoms with Gasteiger partial charge < -0.3 is 10.2 Å². The van der Waals surface area contributed by atoms with Crippen LogP contribution in [0.15, 0.2) is 79.3 Å². The zero-order valence-electron chi connectivity index (χ0n) is 20.3. The van der Waals surface area contributed by atoms with Gasteiger partial charge in [0.05, 0.1) is 5.02 Å². The number of fused-ring (bicyclic) bond motifs is 1. The average molecular weight is 544 g/mol. The molecule has 190 valence electrons. The van der Waals surface area contributed by atoms with Crippen LogP contribution >= 0.6 is 23.2 Å². The van der Waals surface area contributed by atoms with Gasteiger partial charge in [0.15, 0.2) is 17.0 Å². The fourth-order valence-corrected chi connectivity index (χ4v) is 5.11. The number of rotatable bonds is 5. The fourth-order valence-electron chi connectivity index (χ4n) is 4.76. The maximum atomic E-state index is 12.6. The predicted molar refractivity (Wildman–Crippen MR) is 149 cm³/mol. The smallest absolute Gasteiger partial charge is 0.270 e. The number of nitrogens with one attached hydrogen (secondary N) is 1. The van der Waals surface area contributed by atoms with Crippen molar-refractivity contribution in [2.75, 3.05) is 18.0 Å². The third kappa shape index (κ3) is 4.68. The van der Waals surface area contributed by atoms with Crippen molar-refractivity contribution in [3.8, 4) is 17.1 Å². The molecule has 0 radical (unpaired) electrons. The Bertz CT molecular complexity index is 1600. The molecule has 1 saturated heterocycles. The SMILES string of the molecule is O=C(NC1CCN(c2ncnc3c2nc(-c2ccccc2Cl)n3-c2ccc(Cl)cc2)CC1)c1ccccn1. The minimum atomic E-state index is -0.153. The van der Waals surface area contributed by atoms with E-state index in [-0.39, 0.29) is 11.9 Å². The van der Waals surface area contributed by atoms with E-state index < -0.39 is 0 Å². The van der Waals surface area contributed by atoms with Crippen LogP contribution in [-0.4, -0.2) is 49.5 Å². The van der Waals surface area contributed by atoms with Crippen LogP contribution in [0.2, 0.25) is 10.0 Å². The molecule has 0 bridgehead atoms. The minimum Gasteiger partial charge on any atom is -0.355 e. The van der Waals surface area contributed by atoms with Gasteiger partial charge in [-0.3, -0.25) is 14.3 Å². The number of piperidine rings is 1. The van der Waals surface area contributed by atoms with E-state index in [4.69, 9.17) is 28.2 Å². The van der Waals surface area contributed by atoms with Gasteiger partial charge in [0, 0.05) is 41.6 Å². The van der Waals surface area contributed by atoms with Gasteiger partial charge in [-0.15, -0.1) is 0 Å². The van der Waals surface area contributed by atoms with Gasteiger partial charge in [0.25, 0.3) is 5.91 Å². The minimum absolute atomic E-state index is 0.0587. The highest BCUT2D eigenvalue weighted by molar-refractivity contribution is 6.33. The van der Waals surface area contributed by atoms with Gasteiger partial charge in [0.1, 0.15) is 17.8 Å². The molecular weight excluding hydrogens is 521 g/mol. The Hall–Kier alpha value is -4.01. The van der Waals surface area contributed by atoms with Crippen LogP contribution in [0, 0.1) is 0 Å². The van der Waals surface area contributed by atoms with Crippen molar-refractivity contribution in [1.82, 2.24) is 29.8 Å². The van der Waals surface area contributed by atoms with Crippen LogP contribution in [0.5, 0.6) is 0 Å². The number of carbonyl (C=O) groups is 1. The van der Waals surface area contributed by atoms with Crippen molar-refractivity contribution in [1.29, 1.82) is 0 Å². The Morgan fingerprint density at radius 2 is 1.66 bits per heavy atom. The van der Waals surface area contributed by atoms with Crippen molar-refractivity contribution in [3.63, 3.8) is 0 Å². The lowest BCUT2D eigenvalue weighted by Crippen LogP contribution is -2.45. The standard InChI is InChI=1S/C28H23Cl2N7O/c29-18-8-10-20(11-9-18)37-25(21-5-1-2-6-22(21)30)35-24-26(32-17-33-27(24)37)36-15-12-19(13-16-36)34-28(38)23-7-3-4-14-31-23/h1-11,14,17,19H,12-13,15-16H2,(H,34,38). The number of amides is 1. The summed E-state index contributed by atoms with van der Waals surface area (Å²) >= 11 is 12.8. The van der Waals surface area contributed by atoms with E-state index >= 15 is 0 Å². The molecule has 1 N–H and O–H groups in total. The van der Waals surface area contributed by atoms with Crippen molar-refractivity contribution in [3.05, 3.63) is 95.0 Å². The molecule has 4 heterocycles. The molecule has 1 aliphatic rings. The zero-order chi connectivity index (χ0) is 26.1. The lowest BCUT2D eigenvalue weighted by atomic mass is 10.0. The maximum Gasteiger partial charge on any atom is 0.270 e. The van der Waals surface area contributed by atoms with Crippen LogP contribution < -0.4 is 10.2 Å². The maximum absolute atomic E-state index is 12.6. The van der Waals surface area contributed by atoms with Crippen LogP contribution in [0.3, 0.4) is 0 Å². The van der Waals surface area contributed by atoms with Gasteiger partial charge >= 0.3 is 0 Å². The van der Waals surface area contributed by atoms with Gasteiger partial charge in [-0.25, -0.2) is 15.0 Å². The molecule has 0 aliphatic carbocycles. The number of benzene rings is 2. The number of pyridine rings is 1. The van der Waals surface area contributed by atoms with Crippen LogP contribution in [0.4, 0.5) is 5.82 Å². The molecule has 5 aromatic rings. The molecule has 1 amide bonds. The molecule has 0 unspecified atom stereocenters. The summed E-state index contributed by atoms with van der Waals surface area (Å²) in [7, 11) is 0. The molecule has 1 fully saturated rings. The summed E-state index contributed by atoms with van der Waals surface area (Å²) in [5.74, 6) is 1.28. The number of nitrogens with zero attached hydrogens (tertiary/aromatic N) is 6. The monoisotopic (exact) mass is 543 g/mol. The number of imidazole rings is 1. The Kier molecular flexibility index (Phi) is 6.66. The molecule has 0 atom stereocenters. The number of hydrogen-bond acceptors (Lipinski definition) is 6. The highest BCUT2D eigenvalue weighted by Crippen LogP contribution is 2.35. The first kappa shape index (κ1) is 24.3. The fraction of sp³-hybridized carbons (Fsp3) is 0.179. The van der Waals surface area contributed by atoms with Crippen molar-refractivity contribution in [2.45, 2.75) is 18.9 Å². The summed E-state index contributed by atoms with van der Waals surface area (Å²) in [5, 5.41) is 4.34. The Balaban J connectivity index is 1.33. The second-order valence-electron chi connectivity index (χ2n) is 9.05. The van der Waals surface area contributed by atoms with Crippen LogP contribution in [0.25, 0.3) is 28.2 Å². The number of carbonyl (C=O) groups excluding carboxylic acids is 1. The first-order valence-corrected chi connectivity index (χ1v) is 13.1.